The van der Waals surface area contributed by atoms with Crippen molar-refractivity contribution < 1.29 is 0 Å². The summed E-state index contributed by atoms with van der Waals surface area (Å²) in [7, 11) is 2.03. The van der Waals surface area contributed by atoms with Gasteiger partial charge in [-0.2, -0.15) is 0 Å². The summed E-state index contributed by atoms with van der Waals surface area (Å²) in [5, 5.41) is 3.37. The Morgan fingerprint density at radius 1 is 1.27 bits per heavy atom. The Bertz CT molecular complexity index is 444. The molecular formula is C16H30N6. The van der Waals surface area contributed by atoms with Gasteiger partial charge >= 0.3 is 0 Å². The van der Waals surface area contributed by atoms with E-state index < -0.39 is 0 Å². The fraction of sp³-hybridized carbons (Fsp3) is 0.750. The summed E-state index contributed by atoms with van der Waals surface area (Å²) < 4.78 is 0. The monoisotopic (exact) mass is 306 g/mol. The second kappa shape index (κ2) is 8.78. The number of piperidine rings is 1. The second-order valence-electron chi connectivity index (χ2n) is 6.06. The summed E-state index contributed by atoms with van der Waals surface area (Å²) in [6.45, 7) is 7.50. The number of aromatic nitrogens is 2. The van der Waals surface area contributed by atoms with Gasteiger partial charge in [0, 0.05) is 26.7 Å². The number of hydrogen-bond acceptors (Lipinski definition) is 6. The highest BCUT2D eigenvalue weighted by Crippen LogP contribution is 2.25. The minimum absolute atomic E-state index is 0.653. The van der Waals surface area contributed by atoms with Crippen molar-refractivity contribution in [1.82, 2.24) is 14.9 Å². The maximum absolute atomic E-state index is 6.23. The van der Waals surface area contributed by atoms with Crippen molar-refractivity contribution in [2.24, 2.45) is 0 Å². The lowest BCUT2D eigenvalue weighted by molar-refractivity contribution is 0.237. The molecule has 0 bridgehead atoms. The molecule has 124 valence electrons. The van der Waals surface area contributed by atoms with Crippen LogP contribution in [0.25, 0.3) is 0 Å². The number of nitrogen functional groups attached to an aromatic ring is 1. The number of rotatable bonds is 8. The highest BCUT2D eigenvalue weighted by Gasteiger charge is 2.13. The van der Waals surface area contributed by atoms with Gasteiger partial charge in [0.1, 0.15) is 12.0 Å². The molecule has 0 aliphatic carbocycles. The first-order valence-corrected chi connectivity index (χ1v) is 8.50. The average Bonchev–Trinajstić information content (AvgIpc) is 2.55. The molecule has 1 saturated heterocycles. The van der Waals surface area contributed by atoms with Crippen molar-refractivity contribution in [2.45, 2.75) is 39.0 Å². The van der Waals surface area contributed by atoms with Gasteiger partial charge in [-0.1, -0.05) is 19.8 Å². The SMILES string of the molecule is CCCCN(C)c1ncnc(NCCN2CCCCC2)c1N. The number of nitrogens with zero attached hydrogens (tertiary/aromatic N) is 4. The summed E-state index contributed by atoms with van der Waals surface area (Å²) in [5.41, 5.74) is 6.88. The Hall–Kier alpha value is -1.56. The molecule has 6 nitrogen and oxygen atoms in total. The van der Waals surface area contributed by atoms with E-state index in [4.69, 9.17) is 5.73 Å². The van der Waals surface area contributed by atoms with Crippen LogP contribution in [0.2, 0.25) is 0 Å². The molecule has 1 aromatic heterocycles. The summed E-state index contributed by atoms with van der Waals surface area (Å²) in [4.78, 5) is 13.2. The van der Waals surface area contributed by atoms with E-state index in [1.165, 1.54) is 32.4 Å². The van der Waals surface area contributed by atoms with Crippen LogP contribution in [0.15, 0.2) is 6.33 Å². The van der Waals surface area contributed by atoms with Crippen molar-refractivity contribution in [3.8, 4) is 0 Å². The first-order valence-electron chi connectivity index (χ1n) is 8.50. The van der Waals surface area contributed by atoms with Crippen LogP contribution >= 0.6 is 0 Å². The molecule has 0 amide bonds. The molecule has 0 radical (unpaired) electrons. The quantitative estimate of drug-likeness (QED) is 0.767. The Kier molecular flexibility index (Phi) is 6.71. The van der Waals surface area contributed by atoms with Crippen LogP contribution < -0.4 is 16.0 Å². The minimum atomic E-state index is 0.653. The zero-order chi connectivity index (χ0) is 15.8. The largest absolute Gasteiger partial charge is 0.393 e. The van der Waals surface area contributed by atoms with E-state index in [1.807, 2.05) is 7.05 Å². The van der Waals surface area contributed by atoms with Crippen LogP contribution in [0.5, 0.6) is 0 Å². The highest BCUT2D eigenvalue weighted by molar-refractivity contribution is 5.74. The van der Waals surface area contributed by atoms with Gasteiger partial charge in [0.25, 0.3) is 0 Å². The number of nitrogens with one attached hydrogen (secondary N) is 1. The molecule has 1 aromatic rings. The van der Waals surface area contributed by atoms with Gasteiger partial charge in [-0.3, -0.25) is 0 Å². The van der Waals surface area contributed by atoms with E-state index >= 15 is 0 Å². The van der Waals surface area contributed by atoms with Crippen molar-refractivity contribution in [3.63, 3.8) is 0 Å². The first kappa shape index (κ1) is 16.8. The normalized spacial score (nSPS) is 15.7. The summed E-state index contributed by atoms with van der Waals surface area (Å²) in [5.74, 6) is 1.58. The van der Waals surface area contributed by atoms with Crippen molar-refractivity contribution >= 4 is 17.3 Å². The van der Waals surface area contributed by atoms with Gasteiger partial charge in [-0.25, -0.2) is 9.97 Å². The fourth-order valence-corrected chi connectivity index (χ4v) is 2.85. The number of nitrogens with two attached hydrogens (primary N) is 1. The number of unbranched alkanes of at least 4 members (excludes halogenated alkanes) is 1. The summed E-state index contributed by atoms with van der Waals surface area (Å²) in [6.07, 6.45) is 7.91. The smallest absolute Gasteiger partial charge is 0.157 e. The molecule has 2 rings (SSSR count). The molecule has 6 heteroatoms. The van der Waals surface area contributed by atoms with Crippen LogP contribution in [0, 0.1) is 0 Å². The Morgan fingerprint density at radius 2 is 2.05 bits per heavy atom. The molecule has 2 heterocycles. The zero-order valence-electron chi connectivity index (χ0n) is 14.0. The predicted octanol–water partition coefficient (Wildman–Crippen LogP) is 2.19. The van der Waals surface area contributed by atoms with Crippen LogP contribution in [-0.4, -0.2) is 54.6 Å². The van der Waals surface area contributed by atoms with Crippen molar-refractivity contribution in [2.75, 3.05) is 55.7 Å². The van der Waals surface area contributed by atoms with Gasteiger partial charge in [-0.15, -0.1) is 0 Å². The van der Waals surface area contributed by atoms with E-state index in [-0.39, 0.29) is 0 Å². The average molecular weight is 306 g/mol. The van der Waals surface area contributed by atoms with E-state index in [0.29, 0.717) is 5.69 Å². The Labute approximate surface area is 134 Å². The topological polar surface area (TPSA) is 70.3 Å². The molecule has 0 unspecified atom stereocenters. The van der Waals surface area contributed by atoms with Crippen molar-refractivity contribution in [3.05, 3.63) is 6.33 Å². The predicted molar refractivity (Wildman–Crippen MR) is 93.4 cm³/mol. The molecule has 3 N–H and O–H groups in total. The molecule has 1 fully saturated rings. The van der Waals surface area contributed by atoms with Crippen LogP contribution in [0.4, 0.5) is 17.3 Å². The minimum Gasteiger partial charge on any atom is -0.393 e. The third kappa shape index (κ3) is 4.73. The molecule has 22 heavy (non-hydrogen) atoms. The van der Waals surface area contributed by atoms with Gasteiger partial charge in [0.2, 0.25) is 0 Å². The van der Waals surface area contributed by atoms with Crippen LogP contribution in [0.3, 0.4) is 0 Å². The maximum atomic E-state index is 6.23. The summed E-state index contributed by atoms with van der Waals surface area (Å²) in [6, 6.07) is 0. The number of hydrogen-bond donors (Lipinski definition) is 2. The van der Waals surface area contributed by atoms with Gasteiger partial charge in [0.05, 0.1) is 0 Å². The number of anilines is 3. The molecule has 1 aliphatic heterocycles. The van der Waals surface area contributed by atoms with E-state index in [0.717, 1.165) is 44.1 Å². The van der Waals surface area contributed by atoms with Crippen LogP contribution in [0.1, 0.15) is 39.0 Å². The standard InChI is InChI=1S/C16H30N6/c1-3-4-9-21(2)16-14(17)15(19-13-20-16)18-8-12-22-10-6-5-7-11-22/h13H,3-12,17H2,1-2H3,(H,18,19,20). The van der Waals surface area contributed by atoms with Gasteiger partial charge < -0.3 is 20.9 Å². The van der Waals surface area contributed by atoms with Crippen LogP contribution in [-0.2, 0) is 0 Å². The third-order valence-electron chi connectivity index (χ3n) is 4.24. The van der Waals surface area contributed by atoms with Gasteiger partial charge in [0.15, 0.2) is 11.6 Å². The van der Waals surface area contributed by atoms with E-state index in [1.54, 1.807) is 6.33 Å². The van der Waals surface area contributed by atoms with Crippen molar-refractivity contribution in [1.29, 1.82) is 0 Å². The molecule has 0 aromatic carbocycles. The highest BCUT2D eigenvalue weighted by atomic mass is 15.2. The van der Waals surface area contributed by atoms with Gasteiger partial charge in [-0.05, 0) is 32.4 Å². The fourth-order valence-electron chi connectivity index (χ4n) is 2.85. The zero-order valence-corrected chi connectivity index (χ0v) is 14.0. The molecule has 0 saturated carbocycles. The molecular weight excluding hydrogens is 276 g/mol. The van der Waals surface area contributed by atoms with E-state index in [9.17, 15) is 0 Å². The molecule has 0 atom stereocenters. The lowest BCUT2D eigenvalue weighted by atomic mass is 10.1. The molecule has 1 aliphatic rings. The lowest BCUT2D eigenvalue weighted by Gasteiger charge is -2.26. The Morgan fingerprint density at radius 3 is 2.77 bits per heavy atom. The van der Waals surface area contributed by atoms with E-state index in [2.05, 4.69) is 32.0 Å². The second-order valence-corrected chi connectivity index (χ2v) is 6.06. The third-order valence-corrected chi connectivity index (χ3v) is 4.24. The lowest BCUT2D eigenvalue weighted by Crippen LogP contribution is -2.34. The number of likely N-dealkylation sites (tertiary alicyclic amines) is 1. The first-order chi connectivity index (χ1) is 10.7. The summed E-state index contributed by atoms with van der Waals surface area (Å²) >= 11 is 0. The maximum Gasteiger partial charge on any atom is 0.157 e. The molecule has 0 spiro atoms. The Balaban J connectivity index is 1.87.